The quantitative estimate of drug-likeness (QED) is 0.348. The summed E-state index contributed by atoms with van der Waals surface area (Å²) in [6.07, 6.45) is 0.693. The first-order valence-electron chi connectivity index (χ1n) is 9.89. The molecule has 2 aromatic carbocycles. The number of hydrogen-bond donors (Lipinski definition) is 1. The molecule has 1 amide bonds. The molecule has 0 fully saturated rings. The minimum Gasteiger partial charge on any atom is -0.339 e. The molecule has 0 saturated heterocycles. The van der Waals surface area contributed by atoms with Crippen molar-refractivity contribution in [3.8, 4) is 11.3 Å². The summed E-state index contributed by atoms with van der Waals surface area (Å²) in [5.41, 5.74) is 5.22. The van der Waals surface area contributed by atoms with Crippen LogP contribution in [0.1, 0.15) is 29.3 Å². The van der Waals surface area contributed by atoms with Gasteiger partial charge < -0.3 is 9.84 Å². The summed E-state index contributed by atoms with van der Waals surface area (Å²) in [4.78, 5) is 21.3. The molecule has 0 atom stereocenters. The third-order valence-electron chi connectivity index (χ3n) is 4.74. The van der Waals surface area contributed by atoms with Crippen molar-refractivity contribution in [2.75, 3.05) is 5.32 Å². The lowest BCUT2D eigenvalue weighted by Gasteiger charge is -2.06. The summed E-state index contributed by atoms with van der Waals surface area (Å²) in [6, 6.07) is 16.0. The molecule has 0 saturated carbocycles. The fourth-order valence-electron chi connectivity index (χ4n) is 2.90. The van der Waals surface area contributed by atoms with E-state index in [0.717, 1.165) is 26.8 Å². The minimum absolute atomic E-state index is 0.0754. The SMILES string of the molecule is Cc1ccc(NC(=O)CCc2nc(CSc3nc(-c4ccccc4)cs3)no2)cc1C. The fourth-order valence-corrected chi connectivity index (χ4v) is 4.58. The molecule has 0 aliphatic heterocycles. The minimum atomic E-state index is -0.0754. The second-order valence-electron chi connectivity index (χ2n) is 7.10. The summed E-state index contributed by atoms with van der Waals surface area (Å²) in [5, 5.41) is 8.98. The van der Waals surface area contributed by atoms with Crippen LogP contribution in [0.25, 0.3) is 11.3 Å². The highest BCUT2D eigenvalue weighted by Gasteiger charge is 2.12. The zero-order valence-corrected chi connectivity index (χ0v) is 18.9. The number of thiazole rings is 1. The van der Waals surface area contributed by atoms with Gasteiger partial charge in [-0.25, -0.2) is 4.98 Å². The van der Waals surface area contributed by atoms with Crippen LogP contribution in [-0.4, -0.2) is 21.0 Å². The monoisotopic (exact) mass is 450 g/mol. The number of nitrogens with zero attached hydrogens (tertiary/aromatic N) is 3. The second-order valence-corrected chi connectivity index (χ2v) is 9.19. The molecule has 158 valence electrons. The van der Waals surface area contributed by atoms with E-state index in [9.17, 15) is 4.79 Å². The van der Waals surface area contributed by atoms with Gasteiger partial charge in [0.25, 0.3) is 0 Å². The zero-order chi connectivity index (χ0) is 21.6. The van der Waals surface area contributed by atoms with Crippen LogP contribution in [0.2, 0.25) is 0 Å². The van der Waals surface area contributed by atoms with Crippen LogP contribution in [0.4, 0.5) is 5.69 Å². The molecule has 0 spiro atoms. The Hall–Kier alpha value is -2.97. The zero-order valence-electron chi connectivity index (χ0n) is 17.3. The molecular weight excluding hydrogens is 428 g/mol. The van der Waals surface area contributed by atoms with Crippen LogP contribution in [0.3, 0.4) is 0 Å². The number of carbonyl (C=O) groups excluding carboxylic acids is 1. The van der Waals surface area contributed by atoms with Gasteiger partial charge in [-0.1, -0.05) is 53.3 Å². The molecular formula is C23H22N4O2S2. The summed E-state index contributed by atoms with van der Waals surface area (Å²) in [6.45, 7) is 4.07. The number of hydrogen-bond acceptors (Lipinski definition) is 7. The number of benzene rings is 2. The Morgan fingerprint density at radius 2 is 1.94 bits per heavy atom. The molecule has 0 unspecified atom stereocenters. The molecule has 8 heteroatoms. The molecule has 4 aromatic rings. The Morgan fingerprint density at radius 1 is 1.10 bits per heavy atom. The van der Waals surface area contributed by atoms with Crippen LogP contribution < -0.4 is 5.32 Å². The van der Waals surface area contributed by atoms with Crippen LogP contribution in [-0.2, 0) is 17.0 Å². The largest absolute Gasteiger partial charge is 0.339 e. The summed E-state index contributed by atoms with van der Waals surface area (Å²) >= 11 is 3.17. The number of anilines is 1. The number of aromatic nitrogens is 3. The summed E-state index contributed by atoms with van der Waals surface area (Å²) in [7, 11) is 0. The molecule has 2 heterocycles. The maximum atomic E-state index is 12.2. The first-order valence-corrected chi connectivity index (χ1v) is 11.8. The van der Waals surface area contributed by atoms with Gasteiger partial charge in [-0.15, -0.1) is 11.3 Å². The lowest BCUT2D eigenvalue weighted by atomic mass is 10.1. The summed E-state index contributed by atoms with van der Waals surface area (Å²) in [5.74, 6) is 1.56. The first-order chi connectivity index (χ1) is 15.1. The van der Waals surface area contributed by atoms with Gasteiger partial charge in [0.05, 0.1) is 11.4 Å². The van der Waals surface area contributed by atoms with Crippen LogP contribution >= 0.6 is 23.1 Å². The number of amides is 1. The smallest absolute Gasteiger partial charge is 0.227 e. The van der Waals surface area contributed by atoms with Gasteiger partial charge in [-0.05, 0) is 37.1 Å². The number of aryl methyl sites for hydroxylation is 3. The molecule has 0 aliphatic rings. The van der Waals surface area contributed by atoms with Crippen molar-refractivity contribution < 1.29 is 9.32 Å². The number of nitrogens with one attached hydrogen (secondary N) is 1. The maximum Gasteiger partial charge on any atom is 0.227 e. The van der Waals surface area contributed by atoms with Crippen LogP contribution in [0.5, 0.6) is 0 Å². The Morgan fingerprint density at radius 3 is 2.74 bits per heavy atom. The van der Waals surface area contributed by atoms with Crippen molar-refractivity contribution in [2.45, 2.75) is 36.8 Å². The lowest BCUT2D eigenvalue weighted by Crippen LogP contribution is -2.12. The van der Waals surface area contributed by atoms with E-state index in [0.29, 0.717) is 23.9 Å². The van der Waals surface area contributed by atoms with E-state index in [1.54, 1.807) is 23.1 Å². The number of carbonyl (C=O) groups is 1. The van der Waals surface area contributed by atoms with Gasteiger partial charge in [-0.2, -0.15) is 4.98 Å². The second kappa shape index (κ2) is 9.89. The van der Waals surface area contributed by atoms with E-state index >= 15 is 0 Å². The normalized spacial score (nSPS) is 10.9. The van der Waals surface area contributed by atoms with E-state index in [1.165, 1.54) is 5.56 Å². The number of rotatable bonds is 8. The van der Waals surface area contributed by atoms with Gasteiger partial charge in [0, 0.05) is 29.5 Å². The highest BCUT2D eigenvalue weighted by molar-refractivity contribution is 8.00. The van der Waals surface area contributed by atoms with Gasteiger partial charge in [-0.3, -0.25) is 4.79 Å². The van der Waals surface area contributed by atoms with Gasteiger partial charge in [0.1, 0.15) is 0 Å². The van der Waals surface area contributed by atoms with Gasteiger partial charge in [0.15, 0.2) is 10.2 Å². The van der Waals surface area contributed by atoms with Gasteiger partial charge >= 0.3 is 0 Å². The fraction of sp³-hybridized carbons (Fsp3) is 0.217. The Kier molecular flexibility index (Phi) is 6.79. The van der Waals surface area contributed by atoms with Crippen LogP contribution in [0.15, 0.2) is 62.8 Å². The Bertz CT molecular complexity index is 1170. The van der Waals surface area contributed by atoms with E-state index < -0.39 is 0 Å². The van der Waals surface area contributed by atoms with Crippen molar-refractivity contribution in [1.82, 2.24) is 15.1 Å². The van der Waals surface area contributed by atoms with Crippen LogP contribution in [0, 0.1) is 13.8 Å². The van der Waals surface area contributed by atoms with Gasteiger partial charge in [0.2, 0.25) is 11.8 Å². The molecule has 6 nitrogen and oxygen atoms in total. The predicted octanol–water partition coefficient (Wildman–Crippen LogP) is 5.67. The van der Waals surface area contributed by atoms with Crippen molar-refractivity contribution in [1.29, 1.82) is 0 Å². The predicted molar refractivity (Wildman–Crippen MR) is 124 cm³/mol. The van der Waals surface area contributed by atoms with E-state index in [4.69, 9.17) is 4.52 Å². The van der Waals surface area contributed by atoms with E-state index in [-0.39, 0.29) is 12.3 Å². The molecule has 2 aromatic heterocycles. The molecule has 1 N–H and O–H groups in total. The highest BCUT2D eigenvalue weighted by atomic mass is 32.2. The topological polar surface area (TPSA) is 80.9 Å². The standard InChI is InChI=1S/C23H22N4O2S2/c1-15-8-9-18(12-16(15)2)24-21(28)10-11-22-26-20(27-29-22)14-31-23-25-19(13-30-23)17-6-4-3-5-7-17/h3-9,12-13H,10-11,14H2,1-2H3,(H,24,28). The first kappa shape index (κ1) is 21.3. The van der Waals surface area contributed by atoms with Crippen molar-refractivity contribution in [3.05, 3.63) is 76.8 Å². The third-order valence-corrected chi connectivity index (χ3v) is 6.76. The van der Waals surface area contributed by atoms with E-state index in [2.05, 4.69) is 20.4 Å². The third kappa shape index (κ3) is 5.80. The lowest BCUT2D eigenvalue weighted by molar-refractivity contribution is -0.116. The average molecular weight is 451 g/mol. The molecule has 4 rings (SSSR count). The Balaban J connectivity index is 1.25. The van der Waals surface area contributed by atoms with E-state index in [1.807, 2.05) is 67.8 Å². The molecule has 0 radical (unpaired) electrons. The highest BCUT2D eigenvalue weighted by Crippen LogP contribution is 2.29. The molecule has 0 aliphatic carbocycles. The molecule has 0 bridgehead atoms. The van der Waals surface area contributed by atoms with Crippen molar-refractivity contribution in [2.24, 2.45) is 0 Å². The van der Waals surface area contributed by atoms with Crippen molar-refractivity contribution in [3.63, 3.8) is 0 Å². The maximum absolute atomic E-state index is 12.2. The number of thioether (sulfide) groups is 1. The average Bonchev–Trinajstić information content (AvgIpc) is 3.44. The Labute approximate surface area is 189 Å². The molecule has 31 heavy (non-hydrogen) atoms. The van der Waals surface area contributed by atoms with Crippen molar-refractivity contribution >= 4 is 34.7 Å². The summed E-state index contributed by atoms with van der Waals surface area (Å²) < 4.78 is 6.25.